The molecule has 0 aromatic carbocycles. The molecule has 0 saturated heterocycles. The zero-order valence-electron chi connectivity index (χ0n) is 11.5. The van der Waals surface area contributed by atoms with Crippen LogP contribution in [0.5, 0.6) is 5.75 Å². The normalized spacial score (nSPS) is 12.9. The van der Waals surface area contributed by atoms with E-state index in [1.165, 1.54) is 0 Å². The molecule has 0 aliphatic heterocycles. The summed E-state index contributed by atoms with van der Waals surface area (Å²) < 4.78 is 26.8. The SMILES string of the molecule is [2H]C([2H])([2H])c1nc(C#Cc2cncc(OC)c2)cs1. The molecule has 0 amide bonds. The standard InChI is InChI=1S/C12H10N2OS/c1-9-14-11(8-16-9)4-3-10-5-12(15-2)7-13-6-10/h5-8H,1-2H3/i1D3. The molecule has 16 heavy (non-hydrogen) atoms. The molecule has 0 unspecified atom stereocenters. The molecule has 0 atom stereocenters. The number of aromatic nitrogens is 2. The number of thiazole rings is 1. The first-order valence-corrected chi connectivity index (χ1v) is 5.34. The summed E-state index contributed by atoms with van der Waals surface area (Å²) in [5.74, 6) is 6.30. The highest BCUT2D eigenvalue weighted by atomic mass is 32.1. The number of hydrogen-bond acceptors (Lipinski definition) is 4. The van der Waals surface area contributed by atoms with Gasteiger partial charge < -0.3 is 4.74 Å². The molecule has 0 aliphatic rings. The number of methoxy groups -OCH3 is 1. The monoisotopic (exact) mass is 233 g/mol. The van der Waals surface area contributed by atoms with Crippen LogP contribution in [0.2, 0.25) is 0 Å². The van der Waals surface area contributed by atoms with Crippen molar-refractivity contribution in [3.8, 4) is 17.6 Å². The summed E-state index contributed by atoms with van der Waals surface area (Å²) >= 11 is 1.08. The highest BCUT2D eigenvalue weighted by Gasteiger charge is 1.94. The zero-order chi connectivity index (χ0) is 13.9. The molecule has 2 aromatic heterocycles. The topological polar surface area (TPSA) is 35.0 Å². The summed E-state index contributed by atoms with van der Waals surface area (Å²) in [6.07, 6.45) is 3.19. The number of ether oxygens (including phenoxy) is 1. The summed E-state index contributed by atoms with van der Waals surface area (Å²) in [5, 5.41) is 1.73. The second kappa shape index (κ2) is 4.77. The molecule has 0 radical (unpaired) electrons. The zero-order valence-corrected chi connectivity index (χ0v) is 9.34. The van der Waals surface area contributed by atoms with Gasteiger partial charge in [0.05, 0.1) is 18.3 Å². The maximum absolute atomic E-state index is 7.24. The summed E-state index contributed by atoms with van der Waals surface area (Å²) in [6.45, 7) is -2.18. The van der Waals surface area contributed by atoms with Crippen LogP contribution in [0.3, 0.4) is 0 Å². The molecule has 3 nitrogen and oxygen atoms in total. The first-order chi connectivity index (χ1) is 8.99. The maximum Gasteiger partial charge on any atom is 0.138 e. The van der Waals surface area contributed by atoms with E-state index in [1.807, 2.05) is 0 Å². The number of aryl methyl sites for hydroxylation is 1. The Morgan fingerprint density at radius 1 is 1.44 bits per heavy atom. The minimum atomic E-state index is -2.18. The van der Waals surface area contributed by atoms with E-state index in [9.17, 15) is 0 Å². The van der Waals surface area contributed by atoms with Gasteiger partial charge in [-0.15, -0.1) is 11.3 Å². The summed E-state index contributed by atoms with van der Waals surface area (Å²) in [7, 11) is 1.55. The lowest BCUT2D eigenvalue weighted by Gasteiger charge is -1.97. The quantitative estimate of drug-likeness (QED) is 0.709. The summed E-state index contributed by atoms with van der Waals surface area (Å²) in [4.78, 5) is 7.95. The Bertz CT molecular complexity index is 640. The number of pyridine rings is 1. The van der Waals surface area contributed by atoms with Gasteiger partial charge >= 0.3 is 0 Å². The molecule has 0 bridgehead atoms. The van der Waals surface area contributed by atoms with Crippen LogP contribution in [0, 0.1) is 18.7 Å². The van der Waals surface area contributed by atoms with Crippen LogP contribution in [0.4, 0.5) is 0 Å². The lowest BCUT2D eigenvalue weighted by molar-refractivity contribution is 0.413. The van der Waals surface area contributed by atoms with Gasteiger partial charge in [-0.3, -0.25) is 4.98 Å². The van der Waals surface area contributed by atoms with Crippen LogP contribution >= 0.6 is 11.3 Å². The van der Waals surface area contributed by atoms with Gasteiger partial charge in [0.1, 0.15) is 11.4 Å². The van der Waals surface area contributed by atoms with Crippen LogP contribution in [0.25, 0.3) is 0 Å². The van der Waals surface area contributed by atoms with Crippen molar-refractivity contribution in [3.05, 3.63) is 40.1 Å². The fraction of sp³-hybridized carbons (Fsp3) is 0.167. The Hall–Kier alpha value is -1.86. The van der Waals surface area contributed by atoms with Gasteiger partial charge in [-0.2, -0.15) is 0 Å². The molecule has 80 valence electrons. The number of rotatable bonds is 1. The lowest BCUT2D eigenvalue weighted by atomic mass is 10.3. The highest BCUT2D eigenvalue weighted by Crippen LogP contribution is 2.10. The minimum Gasteiger partial charge on any atom is -0.495 e. The second-order valence-electron chi connectivity index (χ2n) is 2.90. The van der Waals surface area contributed by atoms with Crippen molar-refractivity contribution in [1.29, 1.82) is 0 Å². The van der Waals surface area contributed by atoms with Gasteiger partial charge in [0.25, 0.3) is 0 Å². The maximum atomic E-state index is 7.24. The van der Waals surface area contributed by atoms with Gasteiger partial charge in [-0.25, -0.2) is 4.98 Å². The van der Waals surface area contributed by atoms with Crippen LogP contribution < -0.4 is 4.74 Å². The average Bonchev–Trinajstić information content (AvgIpc) is 2.85. The van der Waals surface area contributed by atoms with Crippen LogP contribution in [0.1, 0.15) is 20.4 Å². The molecular formula is C12H10N2OS. The smallest absolute Gasteiger partial charge is 0.138 e. The Morgan fingerprint density at radius 2 is 2.38 bits per heavy atom. The van der Waals surface area contributed by atoms with Crippen LogP contribution in [0.15, 0.2) is 23.8 Å². The van der Waals surface area contributed by atoms with Gasteiger partial charge in [0.2, 0.25) is 0 Å². The summed E-state index contributed by atoms with van der Waals surface area (Å²) in [6, 6.07) is 1.75. The Labute approximate surface area is 102 Å². The van der Waals surface area contributed by atoms with Crippen LogP contribution in [-0.4, -0.2) is 17.1 Å². The van der Waals surface area contributed by atoms with Crippen LogP contribution in [-0.2, 0) is 0 Å². The fourth-order valence-corrected chi connectivity index (χ4v) is 1.55. The second-order valence-corrected chi connectivity index (χ2v) is 3.76. The third kappa shape index (κ3) is 2.59. The van der Waals surface area contributed by atoms with Gasteiger partial charge in [-0.05, 0) is 18.8 Å². The van der Waals surface area contributed by atoms with E-state index in [0.29, 0.717) is 17.0 Å². The van der Waals surface area contributed by atoms with Crippen molar-refractivity contribution in [1.82, 2.24) is 9.97 Å². The van der Waals surface area contributed by atoms with Crippen molar-refractivity contribution < 1.29 is 8.85 Å². The van der Waals surface area contributed by atoms with Crippen molar-refractivity contribution in [2.75, 3.05) is 7.11 Å². The highest BCUT2D eigenvalue weighted by molar-refractivity contribution is 7.09. The van der Waals surface area contributed by atoms with Gasteiger partial charge in [-0.1, -0.05) is 5.92 Å². The largest absolute Gasteiger partial charge is 0.495 e. The molecule has 2 rings (SSSR count). The van der Waals surface area contributed by atoms with Gasteiger partial charge in [0.15, 0.2) is 0 Å². The molecule has 0 N–H and O–H groups in total. The molecule has 0 fully saturated rings. The van der Waals surface area contributed by atoms with Crippen molar-refractivity contribution >= 4 is 11.3 Å². The van der Waals surface area contributed by atoms with Crippen molar-refractivity contribution in [3.63, 3.8) is 0 Å². The van der Waals surface area contributed by atoms with E-state index < -0.39 is 6.85 Å². The van der Waals surface area contributed by atoms with E-state index in [0.717, 1.165) is 11.3 Å². The molecule has 4 heteroatoms. The third-order valence-corrected chi connectivity index (χ3v) is 2.44. The Balaban J connectivity index is 2.22. The predicted molar refractivity (Wildman–Crippen MR) is 63.6 cm³/mol. The first kappa shape index (κ1) is 7.42. The minimum absolute atomic E-state index is 0.0977. The first-order valence-electron chi connectivity index (χ1n) is 5.96. The molecule has 0 aliphatic carbocycles. The van der Waals surface area contributed by atoms with Crippen molar-refractivity contribution in [2.45, 2.75) is 6.85 Å². The summed E-state index contributed by atoms with van der Waals surface area (Å²) in [5.41, 5.74) is 1.13. The van der Waals surface area contributed by atoms with E-state index in [-0.39, 0.29) is 5.01 Å². The molecule has 0 saturated carbocycles. The van der Waals surface area contributed by atoms with E-state index >= 15 is 0 Å². The predicted octanol–water partition coefficient (Wildman–Crippen LogP) is 2.25. The fourth-order valence-electron chi connectivity index (χ4n) is 1.07. The molecular weight excluding hydrogens is 220 g/mol. The Morgan fingerprint density at radius 3 is 3.12 bits per heavy atom. The molecule has 2 aromatic rings. The Kier molecular flexibility index (Phi) is 2.21. The van der Waals surface area contributed by atoms with E-state index in [1.54, 1.807) is 30.9 Å². The van der Waals surface area contributed by atoms with Crippen molar-refractivity contribution in [2.24, 2.45) is 0 Å². The molecule has 2 heterocycles. The van der Waals surface area contributed by atoms with Gasteiger partial charge in [0, 0.05) is 21.3 Å². The molecule has 0 spiro atoms. The average molecular weight is 233 g/mol. The van der Waals surface area contributed by atoms with E-state index in [4.69, 9.17) is 8.85 Å². The lowest BCUT2D eigenvalue weighted by Crippen LogP contribution is -1.85. The van der Waals surface area contributed by atoms with E-state index in [2.05, 4.69) is 21.8 Å². The number of hydrogen-bond donors (Lipinski definition) is 0. The number of nitrogens with zero attached hydrogens (tertiary/aromatic N) is 2. The third-order valence-electron chi connectivity index (χ3n) is 1.79.